The minimum Gasteiger partial charge on any atom is -0.396 e. The Morgan fingerprint density at radius 2 is 1.95 bits per heavy atom. The predicted octanol–water partition coefficient (Wildman–Crippen LogP) is 2.90. The van der Waals surface area contributed by atoms with E-state index in [0.29, 0.717) is 6.61 Å². The topological polar surface area (TPSA) is 58.0 Å². The molecule has 2 N–H and O–H groups in total. The highest BCUT2D eigenvalue weighted by Crippen LogP contribution is 2.21. The van der Waals surface area contributed by atoms with E-state index in [-0.39, 0.29) is 0 Å². The molecule has 0 amide bonds. The van der Waals surface area contributed by atoms with E-state index in [9.17, 15) is 0 Å². The van der Waals surface area contributed by atoms with Crippen molar-refractivity contribution in [1.29, 1.82) is 0 Å². The van der Waals surface area contributed by atoms with E-state index in [0.717, 1.165) is 48.9 Å². The lowest BCUT2D eigenvalue weighted by molar-refractivity contribution is 0.283. The summed E-state index contributed by atoms with van der Waals surface area (Å²) in [7, 11) is 0. The van der Waals surface area contributed by atoms with Crippen LogP contribution in [0, 0.1) is 6.92 Å². The zero-order chi connectivity index (χ0) is 13.5. The molecule has 0 aliphatic rings. The van der Waals surface area contributed by atoms with Gasteiger partial charge in [0.1, 0.15) is 12.1 Å². The Morgan fingerprint density at radius 3 is 2.79 bits per heavy atom. The first-order valence-electron chi connectivity index (χ1n) is 6.88. The van der Waals surface area contributed by atoms with Crippen LogP contribution in [-0.2, 0) is 0 Å². The van der Waals surface area contributed by atoms with Crippen LogP contribution in [-0.4, -0.2) is 28.2 Å². The lowest BCUT2D eigenvalue weighted by Crippen LogP contribution is -2.04. The fourth-order valence-corrected chi connectivity index (χ4v) is 2.17. The van der Waals surface area contributed by atoms with E-state index < -0.39 is 0 Å². The fourth-order valence-electron chi connectivity index (χ4n) is 2.17. The maximum absolute atomic E-state index is 8.71. The summed E-state index contributed by atoms with van der Waals surface area (Å²) in [4.78, 5) is 8.65. The van der Waals surface area contributed by atoms with Crippen molar-refractivity contribution in [3.8, 4) is 0 Å². The molecule has 0 bridgehead atoms. The fraction of sp³-hybridized carbons (Fsp3) is 0.467. The summed E-state index contributed by atoms with van der Waals surface area (Å²) in [5, 5.41) is 13.2. The van der Waals surface area contributed by atoms with E-state index in [1.807, 2.05) is 6.07 Å². The zero-order valence-corrected chi connectivity index (χ0v) is 11.4. The molecule has 2 aromatic rings. The van der Waals surface area contributed by atoms with Gasteiger partial charge in [0.15, 0.2) is 0 Å². The number of hydrogen-bond acceptors (Lipinski definition) is 4. The van der Waals surface area contributed by atoms with Crippen LogP contribution >= 0.6 is 0 Å². The summed E-state index contributed by atoms with van der Waals surface area (Å²) in [6.07, 6.45) is 5.83. The maximum Gasteiger partial charge on any atom is 0.137 e. The van der Waals surface area contributed by atoms with Crippen molar-refractivity contribution in [3.05, 3.63) is 30.1 Å². The second-order valence-corrected chi connectivity index (χ2v) is 4.76. The molecule has 0 unspecified atom stereocenters. The van der Waals surface area contributed by atoms with Crippen molar-refractivity contribution < 1.29 is 5.11 Å². The molecule has 0 fully saturated rings. The first kappa shape index (κ1) is 13.7. The number of benzene rings is 1. The summed E-state index contributed by atoms with van der Waals surface area (Å²) in [5.74, 6) is 0.913. The molecule has 2 rings (SSSR count). The quantitative estimate of drug-likeness (QED) is 0.751. The van der Waals surface area contributed by atoms with E-state index >= 15 is 0 Å². The van der Waals surface area contributed by atoms with Gasteiger partial charge in [-0.15, -0.1) is 0 Å². The zero-order valence-electron chi connectivity index (χ0n) is 11.4. The Morgan fingerprint density at radius 1 is 1.11 bits per heavy atom. The van der Waals surface area contributed by atoms with Crippen LogP contribution in [0.3, 0.4) is 0 Å². The third-order valence-electron chi connectivity index (χ3n) is 3.24. The average Bonchev–Trinajstić information content (AvgIpc) is 2.43. The van der Waals surface area contributed by atoms with Crippen LogP contribution in [0.25, 0.3) is 10.9 Å². The number of para-hydroxylation sites is 1. The number of aliphatic hydroxyl groups excluding tert-OH is 1. The molecule has 1 heterocycles. The van der Waals surface area contributed by atoms with Crippen molar-refractivity contribution in [2.24, 2.45) is 0 Å². The number of aliphatic hydroxyl groups is 1. The normalized spacial score (nSPS) is 10.8. The summed E-state index contributed by atoms with van der Waals surface area (Å²) >= 11 is 0. The number of nitrogens with zero attached hydrogens (tertiary/aromatic N) is 2. The van der Waals surface area contributed by atoms with Crippen molar-refractivity contribution in [2.75, 3.05) is 18.5 Å². The third-order valence-corrected chi connectivity index (χ3v) is 3.24. The maximum atomic E-state index is 8.71. The second-order valence-electron chi connectivity index (χ2n) is 4.76. The molecule has 4 heteroatoms. The van der Waals surface area contributed by atoms with Gasteiger partial charge in [-0.1, -0.05) is 25.0 Å². The number of rotatable bonds is 7. The molecule has 1 aromatic heterocycles. The van der Waals surface area contributed by atoms with Gasteiger partial charge in [-0.05, 0) is 31.4 Å². The molecule has 0 spiro atoms. The number of anilines is 1. The van der Waals surface area contributed by atoms with Gasteiger partial charge in [0, 0.05) is 18.5 Å². The summed E-state index contributed by atoms with van der Waals surface area (Å²) < 4.78 is 0. The van der Waals surface area contributed by atoms with Gasteiger partial charge < -0.3 is 10.4 Å². The van der Waals surface area contributed by atoms with E-state index in [4.69, 9.17) is 5.11 Å². The molecule has 1 aromatic carbocycles. The Labute approximate surface area is 113 Å². The standard InChI is InChI=1S/C15H21N3O/c1-12-7-6-8-13-14(12)17-11-18-15(13)16-9-4-2-3-5-10-19/h6-8,11,19H,2-5,9-10H2,1H3,(H,16,17,18). The Kier molecular flexibility index (Phi) is 5.10. The molecule has 0 aliphatic heterocycles. The van der Waals surface area contributed by atoms with Gasteiger partial charge in [-0.2, -0.15) is 0 Å². The summed E-state index contributed by atoms with van der Waals surface area (Å²) in [6, 6.07) is 6.15. The minimum absolute atomic E-state index is 0.295. The third kappa shape index (κ3) is 3.64. The number of hydrogen-bond donors (Lipinski definition) is 2. The van der Waals surface area contributed by atoms with Crippen LogP contribution < -0.4 is 5.32 Å². The molecule has 0 aliphatic carbocycles. The van der Waals surface area contributed by atoms with Gasteiger partial charge in [0.25, 0.3) is 0 Å². The first-order valence-corrected chi connectivity index (χ1v) is 6.88. The highest BCUT2D eigenvalue weighted by atomic mass is 16.2. The van der Waals surface area contributed by atoms with Gasteiger partial charge in [0.05, 0.1) is 5.52 Å². The molecule has 102 valence electrons. The molecule has 19 heavy (non-hydrogen) atoms. The van der Waals surface area contributed by atoms with Crippen LogP contribution in [0.5, 0.6) is 0 Å². The smallest absolute Gasteiger partial charge is 0.137 e. The number of aryl methyl sites for hydroxylation is 1. The highest BCUT2D eigenvalue weighted by molar-refractivity contribution is 5.90. The number of fused-ring (bicyclic) bond motifs is 1. The monoisotopic (exact) mass is 259 g/mol. The van der Waals surface area contributed by atoms with Gasteiger partial charge >= 0.3 is 0 Å². The minimum atomic E-state index is 0.295. The van der Waals surface area contributed by atoms with Crippen LogP contribution in [0.15, 0.2) is 24.5 Å². The molecule has 0 radical (unpaired) electrons. The largest absolute Gasteiger partial charge is 0.396 e. The second kappa shape index (κ2) is 7.04. The Hall–Kier alpha value is -1.68. The van der Waals surface area contributed by atoms with Crippen molar-refractivity contribution in [3.63, 3.8) is 0 Å². The molecule has 4 nitrogen and oxygen atoms in total. The molecule has 0 saturated carbocycles. The van der Waals surface area contributed by atoms with E-state index in [1.165, 1.54) is 5.56 Å². The Balaban J connectivity index is 1.95. The number of aromatic nitrogens is 2. The lowest BCUT2D eigenvalue weighted by Gasteiger charge is -2.09. The molecular weight excluding hydrogens is 238 g/mol. The van der Waals surface area contributed by atoms with Gasteiger partial charge in [0.2, 0.25) is 0 Å². The van der Waals surface area contributed by atoms with Crippen LogP contribution in [0.4, 0.5) is 5.82 Å². The lowest BCUT2D eigenvalue weighted by atomic mass is 10.1. The predicted molar refractivity (Wildman–Crippen MR) is 78.3 cm³/mol. The average molecular weight is 259 g/mol. The van der Waals surface area contributed by atoms with Crippen LogP contribution in [0.1, 0.15) is 31.2 Å². The van der Waals surface area contributed by atoms with Crippen LogP contribution in [0.2, 0.25) is 0 Å². The van der Waals surface area contributed by atoms with Crippen molar-refractivity contribution in [2.45, 2.75) is 32.6 Å². The molecule has 0 saturated heterocycles. The first-order chi connectivity index (χ1) is 9.33. The van der Waals surface area contributed by atoms with Crippen molar-refractivity contribution >= 4 is 16.7 Å². The summed E-state index contributed by atoms with van der Waals surface area (Å²) in [6.45, 7) is 3.27. The highest BCUT2D eigenvalue weighted by Gasteiger charge is 2.04. The van der Waals surface area contributed by atoms with Crippen molar-refractivity contribution in [1.82, 2.24) is 9.97 Å². The molecular formula is C15H21N3O. The van der Waals surface area contributed by atoms with Gasteiger partial charge in [-0.3, -0.25) is 0 Å². The van der Waals surface area contributed by atoms with E-state index in [1.54, 1.807) is 6.33 Å². The summed E-state index contributed by atoms with van der Waals surface area (Å²) in [5.41, 5.74) is 2.19. The number of nitrogens with one attached hydrogen (secondary N) is 1. The Bertz CT molecular complexity index is 528. The molecule has 0 atom stereocenters. The SMILES string of the molecule is Cc1cccc2c(NCCCCCCO)ncnc12. The number of unbranched alkanes of at least 4 members (excludes halogenated alkanes) is 3. The van der Waals surface area contributed by atoms with Gasteiger partial charge in [-0.25, -0.2) is 9.97 Å². The van der Waals surface area contributed by atoms with E-state index in [2.05, 4.69) is 34.3 Å².